The summed E-state index contributed by atoms with van der Waals surface area (Å²) in [6.45, 7) is 3.67. The second-order valence-electron chi connectivity index (χ2n) is 7.71. The van der Waals surface area contributed by atoms with Crippen LogP contribution in [0.4, 0.5) is 18.0 Å². The van der Waals surface area contributed by atoms with E-state index in [1.165, 1.54) is 10.7 Å². The molecule has 3 heterocycles. The fraction of sp³-hybridized carbons (Fsp3) is 0.273. The zero-order valence-corrected chi connectivity index (χ0v) is 16.8. The van der Waals surface area contributed by atoms with Gasteiger partial charge in [-0.05, 0) is 44.4 Å². The largest absolute Gasteiger partial charge is 0.433 e. The SMILES string of the molecule is Cc1nn(C(=O)N[C@H]2CCc3nc(C(F)(F)F)ccc32)c2c(C)nc3ccccc3c12. The van der Waals surface area contributed by atoms with Crippen molar-refractivity contribution in [2.75, 3.05) is 0 Å². The predicted octanol–water partition coefficient (Wildman–Crippen LogP) is 4.86. The average molecular weight is 425 g/mol. The molecule has 0 bridgehead atoms. The lowest BCUT2D eigenvalue weighted by atomic mass is 10.1. The first-order valence-electron chi connectivity index (χ1n) is 9.86. The number of halogens is 3. The van der Waals surface area contributed by atoms with Crippen molar-refractivity contribution in [3.8, 4) is 0 Å². The van der Waals surface area contributed by atoms with Gasteiger partial charge in [0.1, 0.15) is 11.2 Å². The summed E-state index contributed by atoms with van der Waals surface area (Å²) >= 11 is 0. The molecule has 0 fully saturated rings. The van der Waals surface area contributed by atoms with Gasteiger partial charge in [0.2, 0.25) is 0 Å². The number of benzene rings is 1. The number of rotatable bonds is 1. The first-order valence-corrected chi connectivity index (χ1v) is 9.86. The number of aromatic nitrogens is 4. The highest BCUT2D eigenvalue weighted by atomic mass is 19.4. The molecule has 1 aromatic carbocycles. The number of hydrogen-bond donors (Lipinski definition) is 1. The minimum absolute atomic E-state index is 0.366. The number of carbonyl (C=O) groups excluding carboxylic acids is 1. The molecule has 1 aliphatic rings. The Kier molecular flexibility index (Phi) is 4.25. The Labute approximate surface area is 175 Å². The van der Waals surface area contributed by atoms with Gasteiger partial charge in [-0.15, -0.1) is 0 Å². The first-order chi connectivity index (χ1) is 14.7. The molecule has 1 atom stereocenters. The Morgan fingerprint density at radius 3 is 2.65 bits per heavy atom. The molecule has 6 nitrogen and oxygen atoms in total. The molecule has 158 valence electrons. The first kappa shape index (κ1) is 19.5. The minimum Gasteiger partial charge on any atom is -0.329 e. The van der Waals surface area contributed by atoms with Crippen molar-refractivity contribution in [1.82, 2.24) is 25.1 Å². The van der Waals surface area contributed by atoms with Crippen molar-refractivity contribution in [3.63, 3.8) is 0 Å². The molecular weight excluding hydrogens is 407 g/mol. The van der Waals surface area contributed by atoms with E-state index in [1.807, 2.05) is 38.1 Å². The third kappa shape index (κ3) is 3.11. The summed E-state index contributed by atoms with van der Waals surface area (Å²) in [5, 5.41) is 9.12. The summed E-state index contributed by atoms with van der Waals surface area (Å²) in [5.74, 6) is 0. The van der Waals surface area contributed by atoms with Gasteiger partial charge in [0.05, 0.1) is 22.9 Å². The molecule has 1 aliphatic carbocycles. The summed E-state index contributed by atoms with van der Waals surface area (Å²) < 4.78 is 40.1. The molecular formula is C22H18F3N5O. The van der Waals surface area contributed by atoms with E-state index in [9.17, 15) is 18.0 Å². The molecule has 0 spiro atoms. The second-order valence-corrected chi connectivity index (χ2v) is 7.71. The zero-order chi connectivity index (χ0) is 21.9. The Morgan fingerprint density at radius 2 is 1.87 bits per heavy atom. The van der Waals surface area contributed by atoms with Crippen LogP contribution in [-0.4, -0.2) is 25.8 Å². The van der Waals surface area contributed by atoms with Crippen molar-refractivity contribution >= 4 is 27.8 Å². The molecule has 0 unspecified atom stereocenters. The van der Waals surface area contributed by atoms with Gasteiger partial charge in [-0.1, -0.05) is 24.3 Å². The maximum absolute atomic E-state index is 13.1. The summed E-state index contributed by atoms with van der Waals surface area (Å²) in [7, 11) is 0. The lowest BCUT2D eigenvalue weighted by Gasteiger charge is -2.15. The number of para-hydroxylation sites is 1. The number of carbonyl (C=O) groups is 1. The molecule has 1 amide bonds. The van der Waals surface area contributed by atoms with E-state index in [0.717, 1.165) is 22.4 Å². The number of amides is 1. The molecule has 5 rings (SSSR count). The highest BCUT2D eigenvalue weighted by Crippen LogP contribution is 2.35. The van der Waals surface area contributed by atoms with Crippen LogP contribution in [0.25, 0.3) is 21.8 Å². The maximum atomic E-state index is 13.1. The number of pyridine rings is 2. The summed E-state index contributed by atoms with van der Waals surface area (Å²) in [5.41, 5.74) is 2.88. The Bertz CT molecular complexity index is 1360. The Hall–Kier alpha value is -3.49. The normalized spacial score (nSPS) is 16.1. The Morgan fingerprint density at radius 1 is 1.10 bits per heavy atom. The Balaban J connectivity index is 1.51. The number of aryl methyl sites for hydroxylation is 3. The van der Waals surface area contributed by atoms with Gasteiger partial charge in [0.25, 0.3) is 0 Å². The van der Waals surface area contributed by atoms with Crippen LogP contribution in [0.2, 0.25) is 0 Å². The number of nitrogens with zero attached hydrogens (tertiary/aromatic N) is 4. The molecule has 0 aliphatic heterocycles. The van der Waals surface area contributed by atoms with E-state index < -0.39 is 23.9 Å². The van der Waals surface area contributed by atoms with Crippen molar-refractivity contribution in [2.24, 2.45) is 0 Å². The number of alkyl halides is 3. The fourth-order valence-corrected chi connectivity index (χ4v) is 4.33. The molecule has 3 aromatic heterocycles. The van der Waals surface area contributed by atoms with E-state index in [-0.39, 0.29) is 0 Å². The van der Waals surface area contributed by atoms with Crippen LogP contribution in [-0.2, 0) is 12.6 Å². The van der Waals surface area contributed by atoms with E-state index in [0.29, 0.717) is 41.0 Å². The zero-order valence-electron chi connectivity index (χ0n) is 16.8. The van der Waals surface area contributed by atoms with Gasteiger partial charge in [0.15, 0.2) is 0 Å². The summed E-state index contributed by atoms with van der Waals surface area (Å²) in [6, 6.07) is 9.15. The third-order valence-electron chi connectivity index (χ3n) is 5.70. The smallest absolute Gasteiger partial charge is 0.329 e. The third-order valence-corrected chi connectivity index (χ3v) is 5.70. The van der Waals surface area contributed by atoms with Crippen molar-refractivity contribution in [3.05, 3.63) is 64.7 Å². The molecule has 31 heavy (non-hydrogen) atoms. The average Bonchev–Trinajstić information content (AvgIpc) is 3.29. The quantitative estimate of drug-likeness (QED) is 0.473. The van der Waals surface area contributed by atoms with Gasteiger partial charge in [-0.3, -0.25) is 4.98 Å². The van der Waals surface area contributed by atoms with Crippen LogP contribution in [0, 0.1) is 13.8 Å². The predicted molar refractivity (Wildman–Crippen MR) is 109 cm³/mol. The molecule has 1 N–H and O–H groups in total. The van der Waals surface area contributed by atoms with E-state index in [4.69, 9.17) is 0 Å². The van der Waals surface area contributed by atoms with Gasteiger partial charge in [0, 0.05) is 16.5 Å². The number of hydrogen-bond acceptors (Lipinski definition) is 4. The van der Waals surface area contributed by atoms with Crippen molar-refractivity contribution in [1.29, 1.82) is 0 Å². The summed E-state index contributed by atoms with van der Waals surface area (Å²) in [6.07, 6.45) is -3.64. The molecule has 0 radical (unpaired) electrons. The van der Waals surface area contributed by atoms with Gasteiger partial charge in [-0.25, -0.2) is 9.78 Å². The molecule has 0 saturated carbocycles. The number of fused-ring (bicyclic) bond motifs is 4. The standard InChI is InChI=1S/C22H18F3N5O/c1-11-19-14-5-3-4-6-15(14)26-12(2)20(19)30(29-11)21(31)28-17-9-8-16-13(17)7-10-18(27-16)22(23,24)25/h3-7,10,17H,8-9H2,1-2H3,(H,28,31)/t17-/m0/s1. The molecule has 4 aromatic rings. The van der Waals surface area contributed by atoms with Crippen LogP contribution in [0.3, 0.4) is 0 Å². The highest BCUT2D eigenvalue weighted by molar-refractivity contribution is 6.08. The maximum Gasteiger partial charge on any atom is 0.433 e. The van der Waals surface area contributed by atoms with Crippen LogP contribution in [0.1, 0.15) is 40.8 Å². The molecule has 9 heteroatoms. The van der Waals surface area contributed by atoms with Crippen molar-refractivity contribution in [2.45, 2.75) is 38.9 Å². The highest BCUT2D eigenvalue weighted by Gasteiger charge is 2.35. The van der Waals surface area contributed by atoms with E-state index in [2.05, 4.69) is 20.4 Å². The van der Waals surface area contributed by atoms with Gasteiger partial charge in [-0.2, -0.15) is 23.0 Å². The van der Waals surface area contributed by atoms with E-state index >= 15 is 0 Å². The van der Waals surface area contributed by atoms with Crippen LogP contribution >= 0.6 is 0 Å². The second kappa shape index (κ2) is 6.76. The summed E-state index contributed by atoms with van der Waals surface area (Å²) in [4.78, 5) is 21.5. The van der Waals surface area contributed by atoms with Crippen LogP contribution < -0.4 is 5.32 Å². The minimum atomic E-state index is -4.49. The number of nitrogens with one attached hydrogen (secondary N) is 1. The van der Waals surface area contributed by atoms with E-state index in [1.54, 1.807) is 0 Å². The topological polar surface area (TPSA) is 72.7 Å². The van der Waals surface area contributed by atoms with Crippen LogP contribution in [0.5, 0.6) is 0 Å². The monoisotopic (exact) mass is 425 g/mol. The van der Waals surface area contributed by atoms with Gasteiger partial charge < -0.3 is 5.32 Å². The van der Waals surface area contributed by atoms with Gasteiger partial charge >= 0.3 is 12.2 Å². The van der Waals surface area contributed by atoms with Crippen LogP contribution in [0.15, 0.2) is 36.4 Å². The fourth-order valence-electron chi connectivity index (χ4n) is 4.33. The lowest BCUT2D eigenvalue weighted by Crippen LogP contribution is -2.32. The lowest BCUT2D eigenvalue weighted by molar-refractivity contribution is -0.141. The van der Waals surface area contributed by atoms with Crippen molar-refractivity contribution < 1.29 is 18.0 Å². The molecule has 0 saturated heterocycles.